The van der Waals surface area contributed by atoms with Crippen LogP contribution in [0, 0.1) is 0 Å². The molecular formula is C17H17O4P. The molecule has 0 spiro atoms. The fourth-order valence-electron chi connectivity index (χ4n) is 2.41. The lowest BCUT2D eigenvalue weighted by Crippen LogP contribution is -2.05. The Balaban J connectivity index is 2.17. The molecule has 0 fully saturated rings. The van der Waals surface area contributed by atoms with E-state index in [1.807, 2.05) is 42.5 Å². The number of hydrogen-bond donors (Lipinski definition) is 0. The van der Waals surface area contributed by atoms with Crippen molar-refractivity contribution in [1.82, 2.24) is 0 Å². The van der Waals surface area contributed by atoms with E-state index >= 15 is 0 Å². The Morgan fingerprint density at radius 2 is 1.91 bits per heavy atom. The van der Waals surface area contributed by atoms with E-state index in [2.05, 4.69) is 0 Å². The summed E-state index contributed by atoms with van der Waals surface area (Å²) in [7, 11) is -1.73. The van der Waals surface area contributed by atoms with E-state index in [0.29, 0.717) is 18.1 Å². The van der Waals surface area contributed by atoms with Crippen LogP contribution in [-0.2, 0) is 9.09 Å². The lowest BCUT2D eigenvalue weighted by Gasteiger charge is -2.25. The van der Waals surface area contributed by atoms with Gasteiger partial charge >= 0.3 is 7.60 Å². The van der Waals surface area contributed by atoms with Crippen molar-refractivity contribution in [2.45, 2.75) is 6.92 Å². The fourth-order valence-corrected chi connectivity index (χ4v) is 3.98. The third kappa shape index (κ3) is 2.80. The zero-order chi connectivity index (χ0) is 15.6. The fraction of sp³-hybridized carbons (Fsp3) is 0.176. The zero-order valence-electron chi connectivity index (χ0n) is 12.5. The highest BCUT2D eigenvalue weighted by molar-refractivity contribution is 7.58. The normalized spacial score (nSPS) is 19.8. The summed E-state index contributed by atoms with van der Waals surface area (Å²) in [4.78, 5) is 0. The topological polar surface area (TPSA) is 44.8 Å². The first-order valence-electron chi connectivity index (χ1n) is 7.06. The molecular weight excluding hydrogens is 299 g/mol. The summed E-state index contributed by atoms with van der Waals surface area (Å²) in [5.74, 6) is 2.76. The monoisotopic (exact) mass is 316 g/mol. The van der Waals surface area contributed by atoms with E-state index in [1.165, 1.54) is 0 Å². The second-order valence-corrected chi connectivity index (χ2v) is 6.60. The van der Waals surface area contributed by atoms with Crippen molar-refractivity contribution in [3.63, 3.8) is 0 Å². The molecule has 5 heteroatoms. The van der Waals surface area contributed by atoms with Gasteiger partial charge in [0.1, 0.15) is 11.5 Å². The second kappa shape index (κ2) is 5.99. The maximum atomic E-state index is 12.8. The van der Waals surface area contributed by atoms with Gasteiger partial charge in [0.2, 0.25) is 0 Å². The highest BCUT2D eigenvalue weighted by Gasteiger charge is 2.31. The largest absolute Gasteiger partial charge is 0.497 e. The maximum absolute atomic E-state index is 12.8. The molecule has 2 aromatic carbocycles. The molecule has 1 unspecified atom stereocenters. The van der Waals surface area contributed by atoms with E-state index in [0.717, 1.165) is 16.7 Å². The predicted octanol–water partition coefficient (Wildman–Crippen LogP) is 4.71. The summed E-state index contributed by atoms with van der Waals surface area (Å²) < 4.78 is 29.0. The molecule has 0 amide bonds. The summed E-state index contributed by atoms with van der Waals surface area (Å²) in [5.41, 5.74) is 2.69. The Bertz CT molecular complexity index is 753. The van der Waals surface area contributed by atoms with Crippen molar-refractivity contribution < 1.29 is 18.3 Å². The SMILES string of the molecule is CCOP1(=O)C=C(c2ccccc2)c2ccc(OC)cc2O1. The summed E-state index contributed by atoms with van der Waals surface area (Å²) in [6.07, 6.45) is 0. The predicted molar refractivity (Wildman–Crippen MR) is 86.4 cm³/mol. The van der Waals surface area contributed by atoms with Crippen LogP contribution in [0.3, 0.4) is 0 Å². The Morgan fingerprint density at radius 3 is 2.59 bits per heavy atom. The van der Waals surface area contributed by atoms with E-state index < -0.39 is 7.60 Å². The van der Waals surface area contributed by atoms with Crippen molar-refractivity contribution in [2.75, 3.05) is 13.7 Å². The van der Waals surface area contributed by atoms with Crippen molar-refractivity contribution in [3.8, 4) is 11.5 Å². The van der Waals surface area contributed by atoms with Crippen molar-refractivity contribution in [2.24, 2.45) is 0 Å². The Kier molecular flexibility index (Phi) is 4.06. The molecule has 1 atom stereocenters. The van der Waals surface area contributed by atoms with Crippen LogP contribution in [0.15, 0.2) is 54.3 Å². The molecule has 2 aromatic rings. The Hall–Kier alpha value is -2.03. The molecule has 0 aliphatic carbocycles. The molecule has 0 radical (unpaired) electrons. The van der Waals surface area contributed by atoms with Gasteiger partial charge < -0.3 is 9.26 Å². The van der Waals surface area contributed by atoms with E-state index in [1.54, 1.807) is 25.9 Å². The first-order valence-corrected chi connectivity index (χ1v) is 8.67. The Morgan fingerprint density at radius 1 is 1.14 bits per heavy atom. The van der Waals surface area contributed by atoms with Gasteiger partial charge in [0.25, 0.3) is 0 Å². The molecule has 22 heavy (non-hydrogen) atoms. The van der Waals surface area contributed by atoms with Gasteiger partial charge in [0.05, 0.1) is 13.7 Å². The van der Waals surface area contributed by atoms with Crippen LogP contribution in [0.25, 0.3) is 5.57 Å². The number of fused-ring (bicyclic) bond motifs is 1. The van der Waals surface area contributed by atoms with Gasteiger partial charge in [0.15, 0.2) is 0 Å². The van der Waals surface area contributed by atoms with Crippen LogP contribution >= 0.6 is 7.60 Å². The zero-order valence-corrected chi connectivity index (χ0v) is 13.4. The average molecular weight is 316 g/mol. The lowest BCUT2D eigenvalue weighted by atomic mass is 9.98. The van der Waals surface area contributed by atoms with E-state index in [9.17, 15) is 4.57 Å². The quantitative estimate of drug-likeness (QED) is 0.767. The molecule has 4 nitrogen and oxygen atoms in total. The summed E-state index contributed by atoms with van der Waals surface area (Å²) >= 11 is 0. The minimum absolute atomic E-state index is 0.315. The number of ether oxygens (including phenoxy) is 1. The molecule has 1 aliphatic rings. The number of methoxy groups -OCH3 is 1. The highest BCUT2D eigenvalue weighted by Crippen LogP contribution is 2.58. The van der Waals surface area contributed by atoms with E-state index in [4.69, 9.17) is 13.8 Å². The lowest BCUT2D eigenvalue weighted by molar-refractivity contribution is 0.286. The van der Waals surface area contributed by atoms with Crippen LogP contribution < -0.4 is 9.26 Å². The molecule has 0 saturated carbocycles. The molecule has 0 aromatic heterocycles. The minimum Gasteiger partial charge on any atom is -0.497 e. The summed E-state index contributed by atoms with van der Waals surface area (Å²) in [5, 5.41) is 0. The molecule has 0 N–H and O–H groups in total. The van der Waals surface area contributed by atoms with Crippen LogP contribution in [0.2, 0.25) is 0 Å². The second-order valence-electron chi connectivity index (χ2n) is 4.82. The maximum Gasteiger partial charge on any atom is 0.404 e. The molecule has 0 saturated heterocycles. The standard InChI is InChI=1S/C17H17O4P/c1-3-20-22(18)12-16(13-7-5-4-6-8-13)15-10-9-14(19-2)11-17(15)21-22/h4-12H,3H2,1-2H3. The van der Waals surface area contributed by atoms with Crippen molar-refractivity contribution >= 4 is 13.2 Å². The number of hydrogen-bond acceptors (Lipinski definition) is 4. The third-order valence-corrected chi connectivity index (χ3v) is 5.03. The average Bonchev–Trinajstić information content (AvgIpc) is 2.54. The number of rotatable bonds is 4. The molecule has 0 bridgehead atoms. The highest BCUT2D eigenvalue weighted by atomic mass is 31.2. The summed E-state index contributed by atoms with van der Waals surface area (Å²) in [6, 6.07) is 15.3. The van der Waals surface area contributed by atoms with Crippen molar-refractivity contribution in [3.05, 3.63) is 65.5 Å². The van der Waals surface area contributed by atoms with E-state index in [-0.39, 0.29) is 0 Å². The smallest absolute Gasteiger partial charge is 0.404 e. The van der Waals surface area contributed by atoms with Gasteiger partial charge in [-0.25, -0.2) is 4.57 Å². The number of benzene rings is 2. The van der Waals surface area contributed by atoms with Gasteiger partial charge in [-0.15, -0.1) is 0 Å². The van der Waals surface area contributed by atoms with Crippen molar-refractivity contribution in [1.29, 1.82) is 0 Å². The third-order valence-electron chi connectivity index (χ3n) is 3.39. The van der Waals surface area contributed by atoms with Gasteiger partial charge in [0, 0.05) is 23.0 Å². The van der Waals surface area contributed by atoms with Gasteiger partial charge in [-0.3, -0.25) is 4.52 Å². The van der Waals surface area contributed by atoms with Crippen LogP contribution in [-0.4, -0.2) is 13.7 Å². The van der Waals surface area contributed by atoms with Gasteiger partial charge in [-0.1, -0.05) is 30.3 Å². The minimum atomic E-state index is -3.32. The van der Waals surface area contributed by atoms with Gasteiger partial charge in [-0.05, 0) is 24.6 Å². The Labute approximate surface area is 129 Å². The first kappa shape index (κ1) is 14.9. The molecule has 3 rings (SSSR count). The molecule has 1 heterocycles. The van der Waals surface area contributed by atoms with Crippen LogP contribution in [0.4, 0.5) is 0 Å². The van der Waals surface area contributed by atoms with Gasteiger partial charge in [-0.2, -0.15) is 0 Å². The molecule has 114 valence electrons. The molecule has 1 aliphatic heterocycles. The van der Waals surface area contributed by atoms with Crippen LogP contribution in [0.5, 0.6) is 11.5 Å². The summed E-state index contributed by atoms with van der Waals surface area (Å²) in [6.45, 7) is 2.11. The van der Waals surface area contributed by atoms with Crippen LogP contribution in [0.1, 0.15) is 18.1 Å². The first-order chi connectivity index (χ1) is 10.6.